The first-order valence-electron chi connectivity index (χ1n) is 18.4. The average Bonchev–Trinajstić information content (AvgIpc) is 3.77. The van der Waals surface area contributed by atoms with Crippen molar-refractivity contribution in [3.63, 3.8) is 0 Å². The maximum Gasteiger partial charge on any atom is 0.286 e. The third kappa shape index (κ3) is 9.37. The van der Waals surface area contributed by atoms with Crippen LogP contribution in [0.4, 0.5) is 0 Å². The first kappa shape index (κ1) is 39.7. The Kier molecular flexibility index (Phi) is 11.6. The molecule has 0 aliphatic carbocycles. The van der Waals surface area contributed by atoms with Gasteiger partial charge in [0.1, 0.15) is 22.5 Å². The Bertz CT molecular complexity index is 2790. The predicted octanol–water partition coefficient (Wildman–Crippen LogP) is 5.60. The zero-order valence-electron chi connectivity index (χ0n) is 32.3. The summed E-state index contributed by atoms with van der Waals surface area (Å²) in [6, 6.07) is 40.1. The second-order valence-electron chi connectivity index (χ2n) is 13.6. The van der Waals surface area contributed by atoms with E-state index < -0.39 is 10.1 Å². The van der Waals surface area contributed by atoms with Gasteiger partial charge in [0.15, 0.2) is 11.4 Å². The fourth-order valence-electron chi connectivity index (χ4n) is 6.32. The lowest BCUT2D eigenvalue weighted by atomic mass is 10.1. The summed E-state index contributed by atoms with van der Waals surface area (Å²) in [5.41, 5.74) is 15.0. The zero-order valence-corrected chi connectivity index (χ0v) is 33.1. The van der Waals surface area contributed by atoms with Crippen molar-refractivity contribution in [1.29, 1.82) is 0 Å². The average molecular weight is 804 g/mol. The Balaban J connectivity index is 0.000000417. The number of amides is 2. The van der Waals surface area contributed by atoms with Crippen LogP contribution in [-0.4, -0.2) is 46.0 Å². The summed E-state index contributed by atoms with van der Waals surface area (Å²) in [7, 11) is -0.194. The molecule has 13 nitrogen and oxygen atoms in total. The van der Waals surface area contributed by atoms with Crippen LogP contribution in [-0.2, 0) is 24.2 Å². The number of hydrogen-bond donors (Lipinski definition) is 2. The van der Waals surface area contributed by atoms with Crippen molar-refractivity contribution in [2.24, 2.45) is 24.3 Å². The van der Waals surface area contributed by atoms with E-state index in [-0.39, 0.29) is 16.7 Å². The van der Waals surface area contributed by atoms with Gasteiger partial charge in [0.2, 0.25) is 0 Å². The number of fused-ring (bicyclic) bond motifs is 2. The smallest absolute Gasteiger partial charge is 0.286 e. The number of rotatable bonds is 9. The number of aromatic nitrogens is 4. The molecule has 8 rings (SSSR count). The van der Waals surface area contributed by atoms with Crippen LogP contribution in [0.15, 0.2) is 173 Å². The topological polar surface area (TPSA) is 157 Å². The van der Waals surface area contributed by atoms with E-state index in [0.29, 0.717) is 11.1 Å². The number of pyridine rings is 2. The lowest BCUT2D eigenvalue weighted by Gasteiger charge is -2.05. The molecule has 0 aliphatic heterocycles. The molecule has 0 fully saturated rings. The van der Waals surface area contributed by atoms with E-state index in [4.69, 9.17) is 0 Å². The molecule has 8 aromatic rings. The van der Waals surface area contributed by atoms with Crippen molar-refractivity contribution < 1.29 is 31.7 Å². The van der Waals surface area contributed by atoms with Crippen LogP contribution >= 0.6 is 0 Å². The Hall–Kier alpha value is -7.55. The van der Waals surface area contributed by atoms with Crippen LogP contribution in [0.1, 0.15) is 37.4 Å². The standard InChI is InChI=1S/C38H30N8O2.C7H8O3S/c1-43-33(25-45-21-5-3-7-35(43)45)29-13-9-27(10-14-29)23-39-41-37(47)31-17-19-32(20-18-31)38(48)42-40-24-28-11-15-30(16-12-28)34-26-46-22-6-4-8-36(46)44(34)2;1-6-2-4-7(5-3-6)11(8,9)10/h3-26H,1-2H3;2-5H,1H3,(H,8,9,10)/p+1. The van der Waals surface area contributed by atoms with Crippen LogP contribution in [0.3, 0.4) is 0 Å². The molecule has 0 aliphatic rings. The van der Waals surface area contributed by atoms with Gasteiger partial charge in [-0.1, -0.05) is 54.1 Å². The number of nitrogens with zero attached hydrogens (tertiary/aromatic N) is 6. The molecule has 59 heavy (non-hydrogen) atoms. The third-order valence-corrected chi connectivity index (χ3v) is 10.4. The SMILES string of the molecule is C[n+]1c(-c2ccc(C=NNC(=O)c3ccc(C(=O)NN=Cc4ccc(-c5cn6ccccc6[n+]5C)cc4)cc3)cc2)cn2ccccc21.Cc1ccc(S(=O)(=O)[O-])cc1. The maximum atomic E-state index is 12.6. The number of nitrogens with one attached hydrogen (secondary N) is 2. The highest BCUT2D eigenvalue weighted by atomic mass is 32.2. The second kappa shape index (κ2) is 17.3. The van der Waals surface area contributed by atoms with Crippen molar-refractivity contribution in [1.82, 2.24) is 19.7 Å². The molecule has 4 aromatic heterocycles. The molecular weight excluding hydrogens is 765 g/mol. The van der Waals surface area contributed by atoms with E-state index in [0.717, 1.165) is 50.5 Å². The van der Waals surface area contributed by atoms with Crippen LogP contribution < -0.4 is 20.0 Å². The fraction of sp³-hybridized carbons (Fsp3) is 0.0667. The number of imidazole rings is 2. The second-order valence-corrected chi connectivity index (χ2v) is 14.9. The van der Waals surface area contributed by atoms with Crippen LogP contribution in [0, 0.1) is 6.92 Å². The Morgan fingerprint density at radius 2 is 1.00 bits per heavy atom. The molecule has 4 heterocycles. The maximum absolute atomic E-state index is 12.6. The number of carbonyl (C=O) groups is 2. The van der Waals surface area contributed by atoms with Crippen LogP contribution in [0.2, 0.25) is 0 Å². The molecule has 0 atom stereocenters. The third-order valence-electron chi connectivity index (χ3n) is 9.56. The highest BCUT2D eigenvalue weighted by Gasteiger charge is 2.16. The van der Waals surface area contributed by atoms with Crippen LogP contribution in [0.5, 0.6) is 0 Å². The van der Waals surface area contributed by atoms with Crippen LogP contribution in [0.25, 0.3) is 33.8 Å². The molecule has 0 saturated carbocycles. The molecule has 0 saturated heterocycles. The van der Waals surface area contributed by atoms with Crippen molar-refractivity contribution in [3.8, 4) is 22.5 Å². The number of hydrazone groups is 2. The number of aryl methyl sites for hydroxylation is 3. The molecule has 0 spiro atoms. The molecule has 0 unspecified atom stereocenters. The normalized spacial score (nSPS) is 11.5. The largest absolute Gasteiger partial charge is 0.744 e. The van der Waals surface area contributed by atoms with Gasteiger partial charge in [-0.3, -0.25) is 9.59 Å². The summed E-state index contributed by atoms with van der Waals surface area (Å²) in [6.07, 6.45) is 11.4. The van der Waals surface area contributed by atoms with E-state index in [1.165, 1.54) is 12.1 Å². The van der Waals surface area contributed by atoms with E-state index in [2.05, 4.69) is 63.5 Å². The summed E-state index contributed by atoms with van der Waals surface area (Å²) < 4.78 is 39.6. The van der Waals surface area contributed by atoms with Gasteiger partial charge >= 0.3 is 0 Å². The van der Waals surface area contributed by atoms with Crippen molar-refractivity contribution in [2.45, 2.75) is 11.8 Å². The minimum absolute atomic E-state index is 0.178. The molecule has 4 aromatic carbocycles. The van der Waals surface area contributed by atoms with Gasteiger partial charge in [0.25, 0.3) is 23.1 Å². The Morgan fingerprint density at radius 1 is 0.593 bits per heavy atom. The van der Waals surface area contributed by atoms with Crippen molar-refractivity contribution >= 4 is 45.7 Å². The minimum Gasteiger partial charge on any atom is -0.744 e. The first-order valence-corrected chi connectivity index (χ1v) is 19.8. The molecule has 0 radical (unpaired) electrons. The van der Waals surface area contributed by atoms with Gasteiger partial charge in [0, 0.05) is 34.4 Å². The van der Waals surface area contributed by atoms with E-state index >= 15 is 0 Å². The summed E-state index contributed by atoms with van der Waals surface area (Å²) in [5.74, 6) is -0.767. The lowest BCUT2D eigenvalue weighted by molar-refractivity contribution is -0.633. The first-order chi connectivity index (χ1) is 28.4. The lowest BCUT2D eigenvalue weighted by Crippen LogP contribution is -2.29. The predicted molar refractivity (Wildman–Crippen MR) is 224 cm³/mol. The summed E-state index contributed by atoms with van der Waals surface area (Å²) in [5, 5.41) is 8.20. The molecule has 294 valence electrons. The van der Waals surface area contributed by atoms with Gasteiger partial charge < -0.3 is 4.55 Å². The summed E-state index contributed by atoms with van der Waals surface area (Å²) in [4.78, 5) is 25.1. The number of hydrogen-bond acceptors (Lipinski definition) is 7. The summed E-state index contributed by atoms with van der Waals surface area (Å²) in [6.45, 7) is 1.82. The van der Waals surface area contributed by atoms with Gasteiger partial charge in [-0.15, -0.1) is 0 Å². The van der Waals surface area contributed by atoms with E-state index in [1.54, 1.807) is 48.8 Å². The van der Waals surface area contributed by atoms with Crippen molar-refractivity contribution in [3.05, 3.63) is 186 Å². The molecule has 2 N–H and O–H groups in total. The van der Waals surface area contributed by atoms with E-state index in [1.807, 2.05) is 106 Å². The zero-order chi connectivity index (χ0) is 41.5. The van der Waals surface area contributed by atoms with Gasteiger partial charge in [-0.05, 0) is 90.8 Å². The number of benzene rings is 4. The van der Waals surface area contributed by atoms with E-state index in [9.17, 15) is 22.6 Å². The van der Waals surface area contributed by atoms with Gasteiger partial charge in [-0.2, -0.15) is 10.2 Å². The fourth-order valence-corrected chi connectivity index (χ4v) is 6.79. The molecule has 14 heteroatoms. The quantitative estimate of drug-likeness (QED) is 0.0841. The Morgan fingerprint density at radius 3 is 1.37 bits per heavy atom. The highest BCUT2D eigenvalue weighted by Crippen LogP contribution is 2.19. The minimum atomic E-state index is -4.27. The number of carbonyl (C=O) groups excluding carboxylic acids is 2. The monoisotopic (exact) mass is 803 g/mol. The molecule has 2 amide bonds. The Labute approximate surface area is 340 Å². The van der Waals surface area contributed by atoms with Gasteiger partial charge in [-0.25, -0.2) is 37.2 Å². The summed E-state index contributed by atoms with van der Waals surface area (Å²) >= 11 is 0. The highest BCUT2D eigenvalue weighted by molar-refractivity contribution is 7.85. The molecule has 0 bridgehead atoms. The van der Waals surface area contributed by atoms with Crippen molar-refractivity contribution in [2.75, 3.05) is 0 Å². The molecular formula is C45H39N8O5S+. The van der Waals surface area contributed by atoms with Gasteiger partial charge in [0.05, 0.1) is 43.8 Å².